The predicted molar refractivity (Wildman–Crippen MR) is 119 cm³/mol. The van der Waals surface area contributed by atoms with Crippen LogP contribution in [0.25, 0.3) is 10.6 Å². The maximum Gasteiger partial charge on any atom is 0.284 e. The first-order valence-electron chi connectivity index (χ1n) is 8.67. The van der Waals surface area contributed by atoms with E-state index in [9.17, 15) is 9.59 Å². The smallest absolute Gasteiger partial charge is 0.284 e. The third-order valence-corrected chi connectivity index (χ3v) is 5.78. The number of thiazole rings is 2. The molecule has 0 aliphatic carbocycles. The number of nitrogens with two attached hydrogens (primary N) is 2. The Balaban J connectivity index is 1.78. The topological polar surface area (TPSA) is 152 Å². The summed E-state index contributed by atoms with van der Waals surface area (Å²) in [5.74, 6) is 10.9. The first kappa shape index (κ1) is 21.4. The molecule has 10 nitrogen and oxygen atoms in total. The number of hydrazone groups is 1. The Kier molecular flexibility index (Phi) is 6.40. The average Bonchev–Trinajstić information content (AvgIpc) is 3.28. The summed E-state index contributed by atoms with van der Waals surface area (Å²) in [5, 5.41) is 13.0. The molecule has 0 fully saturated rings. The Morgan fingerprint density at radius 2 is 2.00 bits per heavy atom. The van der Waals surface area contributed by atoms with Crippen molar-refractivity contribution in [1.29, 1.82) is 0 Å². The van der Waals surface area contributed by atoms with Crippen molar-refractivity contribution in [3.8, 4) is 10.6 Å². The minimum absolute atomic E-state index is 0.195. The second kappa shape index (κ2) is 8.98. The summed E-state index contributed by atoms with van der Waals surface area (Å²) in [4.78, 5) is 33.4. The number of carbonyl (C=O) groups is 2. The minimum Gasteiger partial charge on any atom is -0.321 e. The van der Waals surface area contributed by atoms with Gasteiger partial charge in [-0.2, -0.15) is 5.10 Å². The van der Waals surface area contributed by atoms with Crippen LogP contribution in [0.4, 0.5) is 10.8 Å². The van der Waals surface area contributed by atoms with Crippen LogP contribution >= 0.6 is 22.7 Å². The fourth-order valence-corrected chi connectivity index (χ4v) is 4.36. The number of nitrogens with one attached hydrogen (secondary N) is 2. The Hall–Kier alpha value is -3.35. The van der Waals surface area contributed by atoms with E-state index in [0.29, 0.717) is 32.9 Å². The van der Waals surface area contributed by atoms with Crippen LogP contribution in [0.1, 0.15) is 28.0 Å². The highest BCUT2D eigenvalue weighted by Gasteiger charge is 2.17. The van der Waals surface area contributed by atoms with Gasteiger partial charge < -0.3 is 16.5 Å². The highest BCUT2D eigenvalue weighted by atomic mass is 32.1. The van der Waals surface area contributed by atoms with E-state index < -0.39 is 0 Å². The molecular formula is C18H20N8O2S2. The number of aryl methyl sites for hydroxylation is 1. The molecule has 1 aromatic carbocycles. The van der Waals surface area contributed by atoms with Gasteiger partial charge in [0.1, 0.15) is 0 Å². The number of carbonyl (C=O) groups excluding carboxylic acids is 2. The molecule has 3 aromatic rings. The molecule has 0 saturated carbocycles. The lowest BCUT2D eigenvalue weighted by atomic mass is 10.2. The van der Waals surface area contributed by atoms with Crippen molar-refractivity contribution < 1.29 is 9.59 Å². The zero-order valence-corrected chi connectivity index (χ0v) is 18.1. The number of aromatic nitrogens is 2. The summed E-state index contributed by atoms with van der Waals surface area (Å²) >= 11 is 2.53. The molecule has 0 saturated heterocycles. The van der Waals surface area contributed by atoms with E-state index in [4.69, 9.17) is 11.7 Å². The quantitative estimate of drug-likeness (QED) is 0.204. The normalized spacial score (nSPS) is 11.3. The average molecular weight is 445 g/mol. The maximum absolute atomic E-state index is 12.7. The highest BCUT2D eigenvalue weighted by Crippen LogP contribution is 2.33. The van der Waals surface area contributed by atoms with Crippen molar-refractivity contribution in [3.05, 3.63) is 45.9 Å². The minimum atomic E-state index is -0.347. The Morgan fingerprint density at radius 3 is 2.67 bits per heavy atom. The number of anilines is 2. The molecule has 0 unspecified atom stereocenters. The van der Waals surface area contributed by atoms with E-state index in [1.165, 1.54) is 34.6 Å². The number of benzene rings is 1. The van der Waals surface area contributed by atoms with E-state index in [-0.39, 0.29) is 11.8 Å². The first-order chi connectivity index (χ1) is 14.3. The fraction of sp³-hybridized carbons (Fsp3) is 0.167. The van der Waals surface area contributed by atoms with Gasteiger partial charge in [0.15, 0.2) is 16.0 Å². The lowest BCUT2D eigenvalue weighted by Crippen LogP contribution is -2.34. The molecule has 2 amide bonds. The standard InChI is InChI=1S/C18H20N8O2S2/c1-9-14(30-18(21-9)22-10(2)27)13-8-29-17(24-13)16(28)23-12-6-4-5-11(7-12)15(25-19)26(3)20/h4-8H,19-20H2,1-3H3,(H,23,28)(H,21,22,27)/b25-15-. The predicted octanol–water partition coefficient (Wildman–Crippen LogP) is 2.21. The van der Waals surface area contributed by atoms with Gasteiger partial charge in [-0.1, -0.05) is 23.5 Å². The number of amidine groups is 1. The summed E-state index contributed by atoms with van der Waals surface area (Å²) in [7, 11) is 1.62. The van der Waals surface area contributed by atoms with E-state index in [1.807, 2.05) is 6.92 Å². The van der Waals surface area contributed by atoms with Crippen molar-refractivity contribution >= 4 is 51.1 Å². The van der Waals surface area contributed by atoms with E-state index in [2.05, 4.69) is 25.7 Å². The fourth-order valence-electron chi connectivity index (χ4n) is 2.61. The van der Waals surface area contributed by atoms with Crippen molar-refractivity contribution in [3.63, 3.8) is 0 Å². The molecule has 2 aromatic heterocycles. The number of rotatable bonds is 5. The second-order valence-corrected chi connectivity index (χ2v) is 8.11. The second-order valence-electron chi connectivity index (χ2n) is 6.25. The lowest BCUT2D eigenvalue weighted by molar-refractivity contribution is -0.114. The van der Waals surface area contributed by atoms with E-state index >= 15 is 0 Å². The van der Waals surface area contributed by atoms with Gasteiger partial charge in [-0.05, 0) is 19.1 Å². The van der Waals surface area contributed by atoms with Crippen LogP contribution in [-0.4, -0.2) is 39.7 Å². The van der Waals surface area contributed by atoms with Crippen LogP contribution in [0.15, 0.2) is 34.7 Å². The summed E-state index contributed by atoms with van der Waals surface area (Å²) in [6.07, 6.45) is 0. The molecule has 6 N–H and O–H groups in total. The van der Waals surface area contributed by atoms with Crippen LogP contribution in [0.3, 0.4) is 0 Å². The Labute approximate surface area is 180 Å². The molecule has 0 bridgehead atoms. The highest BCUT2D eigenvalue weighted by molar-refractivity contribution is 7.19. The first-order valence-corrected chi connectivity index (χ1v) is 10.4. The van der Waals surface area contributed by atoms with Gasteiger partial charge in [-0.3, -0.25) is 14.6 Å². The molecule has 0 aliphatic rings. The molecule has 156 valence electrons. The Morgan fingerprint density at radius 1 is 1.23 bits per heavy atom. The van der Waals surface area contributed by atoms with Crippen molar-refractivity contribution in [1.82, 2.24) is 15.0 Å². The van der Waals surface area contributed by atoms with Crippen molar-refractivity contribution in [2.75, 3.05) is 17.7 Å². The summed E-state index contributed by atoms with van der Waals surface area (Å²) in [5.41, 5.74) is 2.58. The van der Waals surface area contributed by atoms with Crippen LogP contribution in [-0.2, 0) is 4.79 Å². The maximum atomic E-state index is 12.7. The van der Waals surface area contributed by atoms with Crippen molar-refractivity contribution in [2.45, 2.75) is 13.8 Å². The molecule has 0 aliphatic heterocycles. The van der Waals surface area contributed by atoms with Gasteiger partial charge in [-0.15, -0.1) is 11.3 Å². The van der Waals surface area contributed by atoms with Crippen LogP contribution < -0.4 is 22.3 Å². The summed E-state index contributed by atoms with van der Waals surface area (Å²) in [6, 6.07) is 7.00. The third-order valence-electron chi connectivity index (χ3n) is 3.85. The molecule has 2 heterocycles. The zero-order chi connectivity index (χ0) is 21.8. The van der Waals surface area contributed by atoms with Gasteiger partial charge in [0, 0.05) is 30.6 Å². The van der Waals surface area contributed by atoms with Gasteiger partial charge in [0.25, 0.3) is 5.91 Å². The number of hydrazine groups is 1. The van der Waals surface area contributed by atoms with Crippen LogP contribution in [0.5, 0.6) is 0 Å². The largest absolute Gasteiger partial charge is 0.321 e. The Bertz CT molecular complexity index is 1120. The monoisotopic (exact) mass is 444 g/mol. The van der Waals surface area contributed by atoms with Crippen LogP contribution in [0.2, 0.25) is 0 Å². The van der Waals surface area contributed by atoms with Crippen LogP contribution in [0, 0.1) is 6.92 Å². The molecule has 0 radical (unpaired) electrons. The third kappa shape index (κ3) is 4.79. The van der Waals surface area contributed by atoms with Gasteiger partial charge in [0.2, 0.25) is 5.91 Å². The van der Waals surface area contributed by atoms with Gasteiger partial charge in [-0.25, -0.2) is 15.8 Å². The summed E-state index contributed by atoms with van der Waals surface area (Å²) in [6.45, 7) is 3.25. The number of nitrogens with zero attached hydrogens (tertiary/aromatic N) is 4. The van der Waals surface area contributed by atoms with Gasteiger partial charge >= 0.3 is 0 Å². The number of hydrogen-bond donors (Lipinski definition) is 4. The van der Waals surface area contributed by atoms with E-state index in [0.717, 1.165) is 10.6 Å². The SMILES string of the molecule is CC(=O)Nc1nc(C)c(-c2csc(C(=O)Nc3cccc(/C(=N/N)N(C)N)c3)n2)s1. The molecule has 0 atom stereocenters. The number of hydrogen-bond acceptors (Lipinski definition) is 9. The molecule has 0 spiro atoms. The lowest BCUT2D eigenvalue weighted by Gasteiger charge is -2.15. The molecule has 12 heteroatoms. The van der Waals surface area contributed by atoms with Crippen molar-refractivity contribution in [2.24, 2.45) is 16.8 Å². The number of amides is 2. The summed E-state index contributed by atoms with van der Waals surface area (Å²) < 4.78 is 0. The molecule has 3 rings (SSSR count). The van der Waals surface area contributed by atoms with Gasteiger partial charge in [0.05, 0.1) is 16.3 Å². The zero-order valence-electron chi connectivity index (χ0n) is 16.5. The molecule has 30 heavy (non-hydrogen) atoms. The molecular weight excluding hydrogens is 424 g/mol. The van der Waals surface area contributed by atoms with E-state index in [1.54, 1.807) is 36.7 Å².